The maximum absolute atomic E-state index is 12.5. The molecule has 0 saturated heterocycles. The molecular weight excluding hydrogens is 361 g/mol. The third-order valence-electron chi connectivity index (χ3n) is 3.84. The Labute approximate surface area is 135 Å². The van der Waals surface area contributed by atoms with Crippen molar-refractivity contribution in [1.82, 2.24) is 4.90 Å². The number of hydrogen-bond acceptors (Lipinski definition) is 1. The number of carbonyl (C=O) groups excluding carboxylic acids is 1. The van der Waals surface area contributed by atoms with Crippen molar-refractivity contribution in [3.8, 4) is 0 Å². The van der Waals surface area contributed by atoms with Crippen LogP contribution in [0.4, 0.5) is 0 Å². The molecule has 1 saturated carbocycles. The van der Waals surface area contributed by atoms with Gasteiger partial charge in [0.05, 0.1) is 0 Å². The Morgan fingerprint density at radius 2 is 1.75 bits per heavy atom. The molecular formula is C17H22INO. The first-order valence-electron chi connectivity index (χ1n) is 7.27. The summed E-state index contributed by atoms with van der Waals surface area (Å²) in [5.41, 5.74) is 1.90. The molecule has 1 aromatic carbocycles. The van der Waals surface area contributed by atoms with Crippen molar-refractivity contribution < 1.29 is 4.79 Å². The van der Waals surface area contributed by atoms with E-state index in [1.807, 2.05) is 14.1 Å². The first kappa shape index (κ1) is 15.5. The molecule has 0 heterocycles. The van der Waals surface area contributed by atoms with Gasteiger partial charge in [0.15, 0.2) is 0 Å². The number of benzene rings is 1. The zero-order valence-electron chi connectivity index (χ0n) is 12.2. The molecule has 0 atom stereocenters. The van der Waals surface area contributed by atoms with Gasteiger partial charge in [-0.25, -0.2) is 0 Å². The molecule has 0 radical (unpaired) electrons. The van der Waals surface area contributed by atoms with E-state index in [2.05, 4.69) is 52.9 Å². The summed E-state index contributed by atoms with van der Waals surface area (Å²) < 4.78 is 1.20. The highest BCUT2D eigenvalue weighted by Gasteiger charge is 2.18. The highest BCUT2D eigenvalue weighted by atomic mass is 127. The summed E-state index contributed by atoms with van der Waals surface area (Å²) in [5, 5.41) is 0. The SMILES string of the molecule is CN(C)C(=O)C(=CC1CCCCC1)c1ccc(I)cc1. The van der Waals surface area contributed by atoms with Crippen LogP contribution < -0.4 is 0 Å². The van der Waals surface area contributed by atoms with Gasteiger partial charge in [-0.1, -0.05) is 37.5 Å². The first-order valence-corrected chi connectivity index (χ1v) is 8.35. The molecule has 0 aromatic heterocycles. The minimum absolute atomic E-state index is 0.108. The zero-order valence-corrected chi connectivity index (χ0v) is 14.4. The van der Waals surface area contributed by atoms with Gasteiger partial charge in [-0.2, -0.15) is 0 Å². The molecule has 20 heavy (non-hydrogen) atoms. The molecule has 0 bridgehead atoms. The predicted molar refractivity (Wildman–Crippen MR) is 92.4 cm³/mol. The fraction of sp³-hybridized carbons (Fsp3) is 0.471. The normalized spacial score (nSPS) is 17.1. The van der Waals surface area contributed by atoms with Crippen LogP contribution in [0.3, 0.4) is 0 Å². The van der Waals surface area contributed by atoms with Crippen LogP contribution in [0.25, 0.3) is 5.57 Å². The molecule has 0 N–H and O–H groups in total. The molecule has 0 unspecified atom stereocenters. The average Bonchev–Trinajstić information content (AvgIpc) is 2.46. The van der Waals surface area contributed by atoms with Gasteiger partial charge in [0.1, 0.15) is 0 Å². The summed E-state index contributed by atoms with van der Waals surface area (Å²) in [4.78, 5) is 14.1. The van der Waals surface area contributed by atoms with Gasteiger partial charge in [0.2, 0.25) is 0 Å². The lowest BCUT2D eigenvalue weighted by Gasteiger charge is -2.21. The van der Waals surface area contributed by atoms with Crippen molar-refractivity contribution in [2.24, 2.45) is 5.92 Å². The lowest BCUT2D eigenvalue weighted by molar-refractivity contribution is -0.122. The first-order chi connectivity index (χ1) is 9.58. The maximum Gasteiger partial charge on any atom is 0.253 e. The van der Waals surface area contributed by atoms with Gasteiger partial charge < -0.3 is 4.90 Å². The van der Waals surface area contributed by atoms with Crippen molar-refractivity contribution in [1.29, 1.82) is 0 Å². The third kappa shape index (κ3) is 4.08. The number of amides is 1. The minimum atomic E-state index is 0.108. The van der Waals surface area contributed by atoms with Crippen LogP contribution in [0.5, 0.6) is 0 Å². The second-order valence-electron chi connectivity index (χ2n) is 5.68. The van der Waals surface area contributed by atoms with E-state index in [0.29, 0.717) is 5.92 Å². The summed E-state index contributed by atoms with van der Waals surface area (Å²) in [5.74, 6) is 0.665. The number of nitrogens with zero attached hydrogens (tertiary/aromatic N) is 1. The summed E-state index contributed by atoms with van der Waals surface area (Å²) in [6.07, 6.45) is 8.56. The smallest absolute Gasteiger partial charge is 0.253 e. The van der Waals surface area contributed by atoms with Gasteiger partial charge in [-0.15, -0.1) is 0 Å². The summed E-state index contributed by atoms with van der Waals surface area (Å²) in [6.45, 7) is 0. The number of likely N-dealkylation sites (N-methyl/N-ethyl adjacent to an activating group) is 1. The largest absolute Gasteiger partial charge is 0.345 e. The Balaban J connectivity index is 2.30. The molecule has 108 valence electrons. The van der Waals surface area contributed by atoms with E-state index in [1.54, 1.807) is 4.90 Å². The topological polar surface area (TPSA) is 20.3 Å². The van der Waals surface area contributed by atoms with Crippen molar-refractivity contribution in [2.45, 2.75) is 32.1 Å². The van der Waals surface area contributed by atoms with Crippen LogP contribution in [-0.4, -0.2) is 24.9 Å². The van der Waals surface area contributed by atoms with Gasteiger partial charge in [-0.3, -0.25) is 4.79 Å². The molecule has 0 aliphatic heterocycles. The Hall–Kier alpha value is -0.840. The van der Waals surface area contributed by atoms with Gasteiger partial charge in [0.25, 0.3) is 5.91 Å². The molecule has 3 heteroatoms. The summed E-state index contributed by atoms with van der Waals surface area (Å²) in [6, 6.07) is 8.23. The number of allylic oxidation sites excluding steroid dienone is 1. The van der Waals surface area contributed by atoms with Gasteiger partial charge in [-0.05, 0) is 59.0 Å². The standard InChI is InChI=1S/C17H22INO/c1-19(2)17(20)16(12-13-6-4-3-5-7-13)14-8-10-15(18)11-9-14/h8-13H,3-7H2,1-2H3. The van der Waals surface area contributed by atoms with E-state index in [4.69, 9.17) is 0 Å². The number of hydrogen-bond donors (Lipinski definition) is 0. The summed E-state index contributed by atoms with van der Waals surface area (Å²) in [7, 11) is 3.65. The molecule has 1 amide bonds. The Bertz CT molecular complexity index is 484. The number of halogens is 1. The van der Waals surface area contributed by atoms with Crippen LogP contribution in [0.2, 0.25) is 0 Å². The van der Waals surface area contributed by atoms with Crippen LogP contribution >= 0.6 is 22.6 Å². The molecule has 2 nitrogen and oxygen atoms in total. The van der Waals surface area contributed by atoms with E-state index in [1.165, 1.54) is 35.7 Å². The van der Waals surface area contributed by atoms with Crippen molar-refractivity contribution >= 4 is 34.1 Å². The fourth-order valence-corrected chi connectivity index (χ4v) is 3.06. The van der Waals surface area contributed by atoms with E-state index >= 15 is 0 Å². The second-order valence-corrected chi connectivity index (χ2v) is 6.93. The second kappa shape index (κ2) is 7.25. The van der Waals surface area contributed by atoms with E-state index < -0.39 is 0 Å². The Morgan fingerprint density at radius 1 is 1.15 bits per heavy atom. The molecule has 0 spiro atoms. The minimum Gasteiger partial charge on any atom is -0.345 e. The third-order valence-corrected chi connectivity index (χ3v) is 4.56. The molecule has 2 rings (SSSR count). The van der Waals surface area contributed by atoms with E-state index in [9.17, 15) is 4.79 Å². The highest BCUT2D eigenvalue weighted by Crippen LogP contribution is 2.29. The highest BCUT2D eigenvalue weighted by molar-refractivity contribution is 14.1. The monoisotopic (exact) mass is 383 g/mol. The number of carbonyl (C=O) groups is 1. The Kier molecular flexibility index (Phi) is 5.64. The fourth-order valence-electron chi connectivity index (χ4n) is 2.70. The van der Waals surface area contributed by atoms with Gasteiger partial charge >= 0.3 is 0 Å². The molecule has 1 aromatic rings. The quantitative estimate of drug-likeness (QED) is 0.562. The van der Waals surface area contributed by atoms with Gasteiger partial charge in [0, 0.05) is 23.2 Å². The van der Waals surface area contributed by atoms with Crippen molar-refractivity contribution in [3.05, 3.63) is 39.5 Å². The van der Waals surface area contributed by atoms with Crippen LogP contribution in [0.1, 0.15) is 37.7 Å². The zero-order chi connectivity index (χ0) is 14.5. The van der Waals surface area contributed by atoms with Crippen LogP contribution in [0.15, 0.2) is 30.3 Å². The lowest BCUT2D eigenvalue weighted by Crippen LogP contribution is -2.23. The number of rotatable bonds is 3. The van der Waals surface area contributed by atoms with E-state index in [-0.39, 0.29) is 5.91 Å². The predicted octanol–water partition coefficient (Wildman–Crippen LogP) is 4.34. The lowest BCUT2D eigenvalue weighted by atomic mass is 9.86. The Morgan fingerprint density at radius 3 is 2.30 bits per heavy atom. The van der Waals surface area contributed by atoms with Crippen LogP contribution in [-0.2, 0) is 4.79 Å². The van der Waals surface area contributed by atoms with Crippen LogP contribution in [0, 0.1) is 9.49 Å². The molecule has 1 aliphatic carbocycles. The van der Waals surface area contributed by atoms with Crippen molar-refractivity contribution in [2.75, 3.05) is 14.1 Å². The molecule has 1 fully saturated rings. The molecule has 1 aliphatic rings. The summed E-state index contributed by atoms with van der Waals surface area (Å²) >= 11 is 2.29. The maximum atomic E-state index is 12.5. The average molecular weight is 383 g/mol. The van der Waals surface area contributed by atoms with Crippen molar-refractivity contribution in [3.63, 3.8) is 0 Å². The van der Waals surface area contributed by atoms with E-state index in [0.717, 1.165) is 11.1 Å².